The Morgan fingerprint density at radius 3 is 2.59 bits per heavy atom. The minimum atomic E-state index is -1.08. The SMILES string of the molecule is O=C(O)c1ccc2c(c1)oc(=O)n2Cc1ccc(Cl)c(Cl)c1. The van der Waals surface area contributed by atoms with Crippen LogP contribution in [0.5, 0.6) is 0 Å². The number of aromatic carboxylic acids is 1. The van der Waals surface area contributed by atoms with E-state index in [0.717, 1.165) is 5.56 Å². The van der Waals surface area contributed by atoms with Crippen LogP contribution in [-0.2, 0) is 6.54 Å². The van der Waals surface area contributed by atoms with Crippen LogP contribution in [0.15, 0.2) is 45.6 Å². The van der Waals surface area contributed by atoms with Gasteiger partial charge in [-0.15, -0.1) is 0 Å². The third-order valence-corrected chi connectivity index (χ3v) is 3.98. The number of nitrogens with zero attached hydrogens (tertiary/aromatic N) is 1. The highest BCUT2D eigenvalue weighted by Crippen LogP contribution is 2.23. The number of halogens is 2. The van der Waals surface area contributed by atoms with Crippen LogP contribution >= 0.6 is 23.2 Å². The number of hydrogen-bond donors (Lipinski definition) is 1. The highest BCUT2D eigenvalue weighted by Gasteiger charge is 2.13. The Balaban J connectivity index is 2.07. The van der Waals surface area contributed by atoms with Gasteiger partial charge in [0.2, 0.25) is 0 Å². The lowest BCUT2D eigenvalue weighted by atomic mass is 10.2. The molecule has 0 fully saturated rings. The summed E-state index contributed by atoms with van der Waals surface area (Å²) in [5, 5.41) is 9.79. The fourth-order valence-corrected chi connectivity index (χ4v) is 2.49. The standard InChI is InChI=1S/C15H9Cl2NO4/c16-10-3-1-8(5-11(10)17)7-18-12-4-2-9(14(19)20)6-13(12)22-15(18)21/h1-6H,7H2,(H,19,20). The topological polar surface area (TPSA) is 72.4 Å². The summed E-state index contributed by atoms with van der Waals surface area (Å²) in [6, 6.07) is 9.36. The van der Waals surface area contributed by atoms with E-state index in [-0.39, 0.29) is 17.7 Å². The van der Waals surface area contributed by atoms with Gasteiger partial charge in [-0.1, -0.05) is 29.3 Å². The maximum absolute atomic E-state index is 12.0. The zero-order chi connectivity index (χ0) is 15.9. The van der Waals surface area contributed by atoms with E-state index in [0.29, 0.717) is 15.6 Å². The van der Waals surface area contributed by atoms with Gasteiger partial charge in [-0.2, -0.15) is 0 Å². The van der Waals surface area contributed by atoms with Crippen LogP contribution in [0, 0.1) is 0 Å². The lowest BCUT2D eigenvalue weighted by molar-refractivity contribution is 0.0697. The average Bonchev–Trinajstić information content (AvgIpc) is 2.78. The summed E-state index contributed by atoms with van der Waals surface area (Å²) in [5.41, 5.74) is 1.58. The first kappa shape index (κ1) is 14.7. The summed E-state index contributed by atoms with van der Waals surface area (Å²) >= 11 is 11.8. The first-order chi connectivity index (χ1) is 10.5. The Hall–Kier alpha value is -2.24. The molecule has 1 aromatic heterocycles. The van der Waals surface area contributed by atoms with Gasteiger partial charge in [0.25, 0.3) is 0 Å². The van der Waals surface area contributed by atoms with Crippen molar-refractivity contribution in [1.82, 2.24) is 4.57 Å². The Morgan fingerprint density at radius 2 is 1.91 bits per heavy atom. The fourth-order valence-electron chi connectivity index (χ4n) is 2.17. The number of carbonyl (C=O) groups is 1. The molecule has 0 aliphatic heterocycles. The minimum Gasteiger partial charge on any atom is -0.478 e. The van der Waals surface area contributed by atoms with Gasteiger partial charge in [-0.25, -0.2) is 9.59 Å². The number of carboxylic acid groups (broad SMARTS) is 1. The average molecular weight is 338 g/mol. The number of benzene rings is 2. The van der Waals surface area contributed by atoms with Gasteiger partial charge >= 0.3 is 11.7 Å². The van der Waals surface area contributed by atoms with Crippen molar-refractivity contribution < 1.29 is 14.3 Å². The molecular formula is C15H9Cl2NO4. The zero-order valence-corrected chi connectivity index (χ0v) is 12.6. The second kappa shape index (κ2) is 5.51. The molecule has 0 radical (unpaired) electrons. The molecule has 0 aliphatic rings. The van der Waals surface area contributed by atoms with E-state index in [1.807, 2.05) is 0 Å². The highest BCUT2D eigenvalue weighted by atomic mass is 35.5. The minimum absolute atomic E-state index is 0.0583. The summed E-state index contributed by atoms with van der Waals surface area (Å²) in [5.74, 6) is -1.65. The Morgan fingerprint density at radius 1 is 1.14 bits per heavy atom. The number of hydrogen-bond acceptors (Lipinski definition) is 3. The fraction of sp³-hybridized carbons (Fsp3) is 0.0667. The van der Waals surface area contributed by atoms with Gasteiger partial charge in [0.1, 0.15) is 0 Å². The maximum Gasteiger partial charge on any atom is 0.420 e. The third kappa shape index (κ3) is 2.61. The quantitative estimate of drug-likeness (QED) is 0.791. The van der Waals surface area contributed by atoms with Crippen molar-refractivity contribution in [1.29, 1.82) is 0 Å². The lowest BCUT2D eigenvalue weighted by Gasteiger charge is -2.04. The summed E-state index contributed by atoms with van der Waals surface area (Å²) in [6.07, 6.45) is 0. The van der Waals surface area contributed by atoms with Crippen molar-refractivity contribution >= 4 is 40.3 Å². The predicted octanol–water partition coefficient (Wildman–Crippen LogP) is 3.65. The van der Waals surface area contributed by atoms with E-state index >= 15 is 0 Å². The second-order valence-corrected chi connectivity index (χ2v) is 5.50. The van der Waals surface area contributed by atoms with E-state index in [9.17, 15) is 9.59 Å². The molecule has 7 heteroatoms. The smallest absolute Gasteiger partial charge is 0.420 e. The molecule has 0 bridgehead atoms. The molecule has 5 nitrogen and oxygen atoms in total. The van der Waals surface area contributed by atoms with E-state index in [4.69, 9.17) is 32.7 Å². The van der Waals surface area contributed by atoms with Crippen LogP contribution in [-0.4, -0.2) is 15.6 Å². The van der Waals surface area contributed by atoms with Crippen LogP contribution in [0.1, 0.15) is 15.9 Å². The van der Waals surface area contributed by atoms with Gasteiger partial charge in [0.05, 0.1) is 27.7 Å². The molecule has 0 amide bonds. The first-order valence-electron chi connectivity index (χ1n) is 6.26. The van der Waals surface area contributed by atoms with Crippen molar-refractivity contribution in [2.24, 2.45) is 0 Å². The molecule has 3 aromatic rings. The number of oxazole rings is 1. The number of carboxylic acids is 1. The van der Waals surface area contributed by atoms with E-state index in [1.54, 1.807) is 24.3 Å². The Bertz CT molecular complexity index is 942. The van der Waals surface area contributed by atoms with E-state index in [1.165, 1.54) is 16.7 Å². The summed E-state index contributed by atoms with van der Waals surface area (Å²) in [7, 11) is 0. The first-order valence-corrected chi connectivity index (χ1v) is 7.02. The molecule has 3 rings (SSSR count). The van der Waals surface area contributed by atoms with Gasteiger partial charge in [-0.05, 0) is 35.9 Å². The largest absolute Gasteiger partial charge is 0.478 e. The second-order valence-electron chi connectivity index (χ2n) is 4.69. The van der Waals surface area contributed by atoms with Gasteiger partial charge in [-0.3, -0.25) is 4.57 Å². The monoisotopic (exact) mass is 337 g/mol. The molecule has 0 atom stereocenters. The molecule has 22 heavy (non-hydrogen) atoms. The molecule has 0 saturated carbocycles. The van der Waals surface area contributed by atoms with Crippen LogP contribution in [0.2, 0.25) is 10.0 Å². The normalized spacial score (nSPS) is 11.0. The van der Waals surface area contributed by atoms with Crippen molar-refractivity contribution in [3.05, 3.63) is 68.1 Å². The molecule has 0 unspecified atom stereocenters. The molecule has 1 heterocycles. The van der Waals surface area contributed by atoms with Crippen LogP contribution in [0.25, 0.3) is 11.1 Å². The molecule has 112 valence electrons. The van der Waals surface area contributed by atoms with Crippen molar-refractivity contribution in [3.8, 4) is 0 Å². The number of aromatic nitrogens is 1. The number of fused-ring (bicyclic) bond motifs is 1. The van der Waals surface area contributed by atoms with Gasteiger partial charge in [0.15, 0.2) is 5.58 Å². The van der Waals surface area contributed by atoms with Crippen molar-refractivity contribution in [2.75, 3.05) is 0 Å². The molecular weight excluding hydrogens is 329 g/mol. The van der Waals surface area contributed by atoms with Crippen molar-refractivity contribution in [2.45, 2.75) is 6.54 Å². The zero-order valence-electron chi connectivity index (χ0n) is 11.0. The van der Waals surface area contributed by atoms with Crippen LogP contribution in [0.4, 0.5) is 0 Å². The lowest BCUT2D eigenvalue weighted by Crippen LogP contribution is -2.14. The van der Waals surface area contributed by atoms with Crippen LogP contribution < -0.4 is 5.76 Å². The van der Waals surface area contributed by atoms with Crippen molar-refractivity contribution in [3.63, 3.8) is 0 Å². The highest BCUT2D eigenvalue weighted by molar-refractivity contribution is 6.42. The number of rotatable bonds is 3. The predicted molar refractivity (Wildman–Crippen MR) is 83.0 cm³/mol. The Labute approximate surface area is 134 Å². The third-order valence-electron chi connectivity index (χ3n) is 3.24. The van der Waals surface area contributed by atoms with E-state index < -0.39 is 11.7 Å². The summed E-state index contributed by atoms with van der Waals surface area (Å²) < 4.78 is 6.50. The van der Waals surface area contributed by atoms with Gasteiger partial charge < -0.3 is 9.52 Å². The Kier molecular flexibility index (Phi) is 3.68. The van der Waals surface area contributed by atoms with Crippen LogP contribution in [0.3, 0.4) is 0 Å². The summed E-state index contributed by atoms with van der Waals surface area (Å²) in [6.45, 7) is 0.245. The maximum atomic E-state index is 12.0. The molecule has 0 saturated heterocycles. The molecule has 0 spiro atoms. The molecule has 0 aliphatic carbocycles. The van der Waals surface area contributed by atoms with E-state index in [2.05, 4.69) is 0 Å². The molecule has 2 aromatic carbocycles. The van der Waals surface area contributed by atoms with Gasteiger partial charge in [0, 0.05) is 0 Å². The summed E-state index contributed by atoms with van der Waals surface area (Å²) in [4.78, 5) is 22.9. The molecule has 1 N–H and O–H groups in total.